The van der Waals surface area contributed by atoms with E-state index in [0.29, 0.717) is 36.7 Å². The van der Waals surface area contributed by atoms with Crippen LogP contribution >= 0.6 is 0 Å². The second-order valence-electron chi connectivity index (χ2n) is 10.3. The Morgan fingerprint density at radius 1 is 1.23 bits per heavy atom. The first-order valence-corrected chi connectivity index (χ1v) is 12.1. The van der Waals surface area contributed by atoms with E-state index in [1.807, 2.05) is 6.07 Å². The Morgan fingerprint density at radius 3 is 2.83 bits per heavy atom. The monoisotopic (exact) mass is 476 g/mol. The summed E-state index contributed by atoms with van der Waals surface area (Å²) in [6.45, 7) is 1.00. The van der Waals surface area contributed by atoms with Crippen molar-refractivity contribution in [1.82, 2.24) is 30.5 Å². The van der Waals surface area contributed by atoms with Crippen LogP contribution in [0.4, 0.5) is 0 Å². The average Bonchev–Trinajstić information content (AvgIpc) is 3.15. The molecule has 4 heterocycles. The van der Waals surface area contributed by atoms with Crippen molar-refractivity contribution in [2.24, 2.45) is 5.92 Å². The highest BCUT2D eigenvalue weighted by Gasteiger charge is 2.74. The predicted molar refractivity (Wildman–Crippen MR) is 118 cm³/mol. The molecule has 0 bridgehead atoms. The van der Waals surface area contributed by atoms with Crippen LogP contribution in [0.1, 0.15) is 64.9 Å². The summed E-state index contributed by atoms with van der Waals surface area (Å²) in [6, 6.07) is 4.66. The average molecular weight is 476 g/mol. The zero-order chi connectivity index (χ0) is 23.9. The van der Waals surface area contributed by atoms with Gasteiger partial charge in [0.25, 0.3) is 11.8 Å². The molecule has 1 spiro atoms. The van der Waals surface area contributed by atoms with Crippen LogP contribution in [-0.2, 0) is 20.9 Å². The van der Waals surface area contributed by atoms with Crippen LogP contribution in [0.3, 0.4) is 0 Å². The molecule has 2 N–H and O–H groups in total. The number of ether oxygens (including phenoxy) is 1. The second kappa shape index (κ2) is 6.97. The molecule has 1 aromatic heterocycles. The molecule has 1 unspecified atom stereocenters. The summed E-state index contributed by atoms with van der Waals surface area (Å²) < 4.78 is 7.51. The Kier molecular flexibility index (Phi) is 4.13. The quantitative estimate of drug-likeness (QED) is 0.613. The molecular formula is C24H24N6O5. The van der Waals surface area contributed by atoms with Crippen molar-refractivity contribution < 1.29 is 23.9 Å². The fraction of sp³-hybridized carbons (Fsp3) is 0.500. The first kappa shape index (κ1) is 20.7. The lowest BCUT2D eigenvalue weighted by atomic mass is 9.72. The Balaban J connectivity index is 1.09. The number of benzene rings is 1. The van der Waals surface area contributed by atoms with Crippen LogP contribution < -0.4 is 10.6 Å². The number of fused-ring (bicyclic) bond motifs is 3. The van der Waals surface area contributed by atoms with Gasteiger partial charge in [-0.1, -0.05) is 11.3 Å². The van der Waals surface area contributed by atoms with Crippen LogP contribution in [0.2, 0.25) is 0 Å². The lowest BCUT2D eigenvalue weighted by Crippen LogP contribution is -2.58. The third-order valence-electron chi connectivity index (χ3n) is 8.48. The summed E-state index contributed by atoms with van der Waals surface area (Å²) >= 11 is 0. The molecular weight excluding hydrogens is 452 g/mol. The van der Waals surface area contributed by atoms with Gasteiger partial charge in [-0.25, -0.2) is 4.68 Å². The summed E-state index contributed by atoms with van der Waals surface area (Å²) in [5.41, 5.74) is 1.60. The van der Waals surface area contributed by atoms with E-state index in [0.717, 1.165) is 31.2 Å². The number of piperidine rings is 1. The Labute approximate surface area is 200 Å². The highest BCUT2D eigenvalue weighted by molar-refractivity contribution is 6.05. The molecule has 2 aliphatic carbocycles. The Morgan fingerprint density at radius 2 is 2.09 bits per heavy atom. The van der Waals surface area contributed by atoms with Gasteiger partial charge in [-0.05, 0) is 49.8 Å². The Hall–Kier alpha value is -3.60. The van der Waals surface area contributed by atoms with Crippen LogP contribution in [-0.4, -0.2) is 67.3 Å². The number of nitrogens with one attached hydrogen (secondary N) is 2. The van der Waals surface area contributed by atoms with E-state index in [1.165, 1.54) is 9.58 Å². The summed E-state index contributed by atoms with van der Waals surface area (Å²) in [5.74, 6) is -0.916. The van der Waals surface area contributed by atoms with E-state index in [4.69, 9.17) is 4.74 Å². The van der Waals surface area contributed by atoms with Crippen LogP contribution in [0.15, 0.2) is 24.4 Å². The molecule has 3 aliphatic heterocycles. The maximum absolute atomic E-state index is 13.1. The van der Waals surface area contributed by atoms with Crippen molar-refractivity contribution in [2.75, 3.05) is 6.61 Å². The molecule has 11 heteroatoms. The molecule has 180 valence electrons. The van der Waals surface area contributed by atoms with Gasteiger partial charge in [0, 0.05) is 24.4 Å². The number of hydrogen-bond donors (Lipinski definition) is 2. The number of amides is 4. The minimum absolute atomic E-state index is 0.209. The van der Waals surface area contributed by atoms with E-state index < -0.39 is 11.9 Å². The highest BCUT2D eigenvalue weighted by Crippen LogP contribution is 2.64. The highest BCUT2D eigenvalue weighted by atomic mass is 16.5. The van der Waals surface area contributed by atoms with Gasteiger partial charge in [0.05, 0.1) is 29.6 Å². The molecule has 1 aromatic carbocycles. The lowest BCUT2D eigenvalue weighted by Gasteiger charge is -2.45. The van der Waals surface area contributed by atoms with Crippen LogP contribution in [0.5, 0.6) is 0 Å². The van der Waals surface area contributed by atoms with E-state index in [9.17, 15) is 19.2 Å². The number of nitrogens with zero attached hydrogens (tertiary/aromatic N) is 4. The molecule has 2 aromatic rings. The van der Waals surface area contributed by atoms with Crippen molar-refractivity contribution in [2.45, 2.75) is 62.3 Å². The van der Waals surface area contributed by atoms with E-state index >= 15 is 0 Å². The van der Waals surface area contributed by atoms with Gasteiger partial charge in [-0.2, -0.15) is 0 Å². The zero-order valence-electron chi connectivity index (χ0n) is 19.0. The number of aromatic nitrogens is 3. The fourth-order valence-corrected chi connectivity index (χ4v) is 6.28. The molecule has 2 saturated carbocycles. The standard InChI is InChI=1S/C24H24N6O5/c31-19-5-4-18(21(33)25-19)29-10-13-2-3-15(8-16(13)22(29)34)30-11-17(27-28-30)20(32)26-24-9-14(24)12-35-23(24)6-1-7-23/h2-3,8,11,14,18H,1,4-7,9-10,12H2,(H,26,32)(H,25,31,33)/t14-,18?,24+/m0/s1. The molecule has 11 nitrogen and oxygen atoms in total. The second-order valence-corrected chi connectivity index (χ2v) is 10.3. The van der Waals surface area contributed by atoms with Crippen molar-refractivity contribution >= 4 is 23.6 Å². The van der Waals surface area contributed by atoms with Gasteiger partial charge in [-0.3, -0.25) is 24.5 Å². The van der Waals surface area contributed by atoms with Gasteiger partial charge in [0.2, 0.25) is 11.8 Å². The number of imide groups is 1. The van der Waals surface area contributed by atoms with Crippen LogP contribution in [0, 0.1) is 5.92 Å². The van der Waals surface area contributed by atoms with E-state index in [-0.39, 0.29) is 41.0 Å². The zero-order valence-corrected chi connectivity index (χ0v) is 19.0. The summed E-state index contributed by atoms with van der Waals surface area (Å²) in [5, 5.41) is 13.7. The molecule has 35 heavy (non-hydrogen) atoms. The molecule has 2 saturated heterocycles. The number of rotatable bonds is 4. The van der Waals surface area contributed by atoms with Gasteiger partial charge < -0.3 is 15.0 Å². The van der Waals surface area contributed by atoms with Gasteiger partial charge in [-0.15, -0.1) is 5.10 Å². The van der Waals surface area contributed by atoms with Gasteiger partial charge in [0.15, 0.2) is 5.69 Å². The molecule has 5 aliphatic rings. The lowest BCUT2D eigenvalue weighted by molar-refractivity contribution is -0.136. The fourth-order valence-electron chi connectivity index (χ4n) is 6.28. The van der Waals surface area contributed by atoms with Gasteiger partial charge in [0.1, 0.15) is 6.04 Å². The number of carbonyl (C=O) groups excluding carboxylic acids is 4. The summed E-state index contributed by atoms with van der Waals surface area (Å²) in [4.78, 5) is 51.3. The number of hydrogen-bond acceptors (Lipinski definition) is 7. The third kappa shape index (κ3) is 2.87. The van der Waals surface area contributed by atoms with Crippen molar-refractivity contribution in [3.05, 3.63) is 41.2 Å². The van der Waals surface area contributed by atoms with E-state index in [1.54, 1.807) is 18.3 Å². The SMILES string of the molecule is O=C1CCC(N2Cc3ccc(-n4cc(C(=O)N[C@]56C[C@H]5COC65CCC5)nn4)cc3C2=O)C(=O)N1. The predicted octanol–water partition coefficient (Wildman–Crippen LogP) is 0.470. The number of carbonyl (C=O) groups is 4. The van der Waals surface area contributed by atoms with Crippen molar-refractivity contribution in [3.8, 4) is 5.69 Å². The van der Waals surface area contributed by atoms with E-state index in [2.05, 4.69) is 20.9 Å². The van der Waals surface area contributed by atoms with Crippen molar-refractivity contribution in [3.63, 3.8) is 0 Å². The molecule has 3 atom stereocenters. The molecule has 7 rings (SSSR count). The molecule has 4 amide bonds. The third-order valence-corrected chi connectivity index (χ3v) is 8.48. The smallest absolute Gasteiger partial charge is 0.274 e. The molecule has 4 fully saturated rings. The maximum atomic E-state index is 13.1. The van der Waals surface area contributed by atoms with Crippen molar-refractivity contribution in [1.29, 1.82) is 0 Å². The Bertz CT molecular complexity index is 1320. The normalized spacial score (nSPS) is 30.1. The summed E-state index contributed by atoms with van der Waals surface area (Å²) in [7, 11) is 0. The first-order valence-electron chi connectivity index (χ1n) is 12.1. The largest absolute Gasteiger partial charge is 0.372 e. The van der Waals surface area contributed by atoms with Gasteiger partial charge >= 0.3 is 0 Å². The minimum Gasteiger partial charge on any atom is -0.372 e. The first-order chi connectivity index (χ1) is 16.9. The topological polar surface area (TPSA) is 136 Å². The molecule has 0 radical (unpaired) electrons. The summed E-state index contributed by atoms with van der Waals surface area (Å²) in [6.07, 6.45) is 6.12. The maximum Gasteiger partial charge on any atom is 0.274 e. The van der Waals surface area contributed by atoms with Crippen LogP contribution in [0.25, 0.3) is 5.69 Å². The minimum atomic E-state index is -0.665.